The summed E-state index contributed by atoms with van der Waals surface area (Å²) in [6.07, 6.45) is 50.6. The Bertz CT molecular complexity index is 2690. The van der Waals surface area contributed by atoms with E-state index in [1.165, 1.54) is 141 Å². The van der Waals surface area contributed by atoms with Crippen LogP contribution in [0, 0.1) is 33.8 Å². The zero-order valence-corrected chi connectivity index (χ0v) is 53.3. The first-order chi connectivity index (χ1) is 32.9. The molecular weight excluding hydrogens is 1070 g/mol. The van der Waals surface area contributed by atoms with Crippen LogP contribution in [0.15, 0.2) is 118 Å². The molecule has 0 saturated heterocycles. The molecule has 0 spiro atoms. The summed E-state index contributed by atoms with van der Waals surface area (Å²) in [5, 5.41) is 5.38. The number of rotatable bonds is 4. The fourth-order valence-corrected chi connectivity index (χ4v) is 13.5. The molecule has 0 N–H and O–H groups in total. The zero-order valence-electron chi connectivity index (χ0n) is 46.9. The van der Waals surface area contributed by atoms with Gasteiger partial charge in [0.05, 0.1) is 0 Å². The summed E-state index contributed by atoms with van der Waals surface area (Å²) in [6, 6.07) is 13.9. The Balaban J connectivity index is 0.000000206. The van der Waals surface area contributed by atoms with Crippen LogP contribution in [0.5, 0.6) is 0 Å². The van der Waals surface area contributed by atoms with E-state index in [9.17, 15) is 0 Å². The Morgan fingerprint density at radius 1 is 0.486 bits per heavy atom. The molecule has 0 nitrogen and oxygen atoms in total. The summed E-state index contributed by atoms with van der Waals surface area (Å²) in [7, 11) is 0. The molecule has 0 aromatic heterocycles. The molecule has 2 unspecified atom stereocenters. The molecule has 8 aliphatic rings. The molecule has 0 heterocycles. The predicted octanol–water partition coefficient (Wildman–Crippen LogP) is 9.20. The van der Waals surface area contributed by atoms with Crippen molar-refractivity contribution in [2.45, 2.75) is 198 Å². The van der Waals surface area contributed by atoms with Gasteiger partial charge < -0.3 is 24.8 Å². The summed E-state index contributed by atoms with van der Waals surface area (Å²) < 4.78 is 3.61. The van der Waals surface area contributed by atoms with E-state index in [4.69, 9.17) is 0 Å². The van der Waals surface area contributed by atoms with Crippen LogP contribution in [0.3, 0.4) is 0 Å². The van der Waals surface area contributed by atoms with Crippen molar-refractivity contribution >= 4 is 29.7 Å². The van der Waals surface area contributed by atoms with Gasteiger partial charge in [-0.25, -0.2) is 0 Å². The van der Waals surface area contributed by atoms with Crippen LogP contribution in [0.4, 0.5) is 0 Å². The maximum absolute atomic E-state index is 4.02. The molecule has 2 aromatic rings. The number of benzene rings is 2. The molecule has 0 bridgehead atoms. The second-order valence-corrected chi connectivity index (χ2v) is 28.8. The Morgan fingerprint density at radius 2 is 0.833 bits per heavy atom. The third-order valence-corrected chi connectivity index (χ3v) is 18.8. The molecule has 10 rings (SSSR count). The van der Waals surface area contributed by atoms with Crippen molar-refractivity contribution in [1.29, 1.82) is 0 Å². The number of hydrogen-bond donors (Lipinski definition) is 0. The van der Waals surface area contributed by atoms with Crippen molar-refractivity contribution < 1.29 is 73.3 Å². The van der Waals surface area contributed by atoms with Gasteiger partial charge in [0.25, 0.3) is 0 Å². The number of fused-ring (bicyclic) bond motifs is 4. The van der Waals surface area contributed by atoms with Crippen LogP contribution in [0.1, 0.15) is 198 Å². The SMILES string of the molecule is CCC1=C(C2(C(C)(C)C)[C-]=C3C=c4cc(C(C)(C)C)ccc4=C3C=C2)CC=C1.CCC1=C(C2(C(C)(C)C)[C-]=C3C=c4cc(C(C)(C)C)ccc4=C3C=C2)CC=C1.[Cl-].[Cl-].[Zr]=[C]1CCCCC1.[Zr]=[C]1CCCCC1. The van der Waals surface area contributed by atoms with E-state index >= 15 is 0 Å². The summed E-state index contributed by atoms with van der Waals surface area (Å²) in [6.45, 7) is 32.4. The van der Waals surface area contributed by atoms with Gasteiger partial charge in [-0.3, -0.25) is 0 Å². The second-order valence-electron chi connectivity index (χ2n) is 25.3. The topological polar surface area (TPSA) is 0 Å². The van der Waals surface area contributed by atoms with Crippen molar-refractivity contribution in [2.75, 3.05) is 0 Å². The van der Waals surface area contributed by atoms with Gasteiger partial charge in [0, 0.05) is 0 Å². The third kappa shape index (κ3) is 13.2. The Hall–Kier alpha value is -2.07. The molecule has 2 fully saturated rings. The van der Waals surface area contributed by atoms with Crippen LogP contribution in [-0.2, 0) is 59.3 Å². The Kier molecular flexibility index (Phi) is 20.7. The maximum atomic E-state index is 4.02. The van der Waals surface area contributed by atoms with Crippen LogP contribution >= 0.6 is 0 Å². The van der Waals surface area contributed by atoms with E-state index in [-0.39, 0.29) is 57.3 Å². The summed E-state index contributed by atoms with van der Waals surface area (Å²) in [4.78, 5) is 0. The number of halogens is 2. The fraction of sp³-hybridized carbons (Fsp3) is 0.500. The van der Waals surface area contributed by atoms with Crippen LogP contribution in [0.2, 0.25) is 0 Å². The predicted molar refractivity (Wildman–Crippen MR) is 298 cm³/mol. The normalized spacial score (nSPS) is 22.8. The van der Waals surface area contributed by atoms with Gasteiger partial charge in [0.1, 0.15) is 0 Å². The summed E-state index contributed by atoms with van der Waals surface area (Å²) in [5.41, 5.74) is 14.2. The van der Waals surface area contributed by atoms with Gasteiger partial charge in [-0.05, 0) is 80.4 Å². The molecule has 2 aromatic carbocycles. The van der Waals surface area contributed by atoms with Gasteiger partial charge >= 0.3 is 119 Å². The average molecular weight is 1160 g/mol. The molecule has 4 heteroatoms. The van der Waals surface area contributed by atoms with Crippen molar-refractivity contribution in [3.8, 4) is 0 Å². The van der Waals surface area contributed by atoms with Gasteiger partial charge in [-0.15, -0.1) is 23.3 Å². The summed E-state index contributed by atoms with van der Waals surface area (Å²) in [5.74, 6) is 0. The van der Waals surface area contributed by atoms with Crippen molar-refractivity contribution in [1.82, 2.24) is 0 Å². The van der Waals surface area contributed by atoms with Crippen molar-refractivity contribution in [3.63, 3.8) is 0 Å². The van der Waals surface area contributed by atoms with Gasteiger partial charge in [0.2, 0.25) is 0 Å². The van der Waals surface area contributed by atoms with Crippen LogP contribution < -0.4 is 45.7 Å². The molecule has 2 atom stereocenters. The van der Waals surface area contributed by atoms with Crippen molar-refractivity contribution in [2.24, 2.45) is 21.7 Å². The first-order valence-corrected chi connectivity index (χ1v) is 29.7. The minimum absolute atomic E-state index is 0. The van der Waals surface area contributed by atoms with Crippen LogP contribution in [-0.4, -0.2) is 6.41 Å². The molecule has 8 aliphatic carbocycles. The number of hydrogen-bond acceptors (Lipinski definition) is 0. The van der Waals surface area contributed by atoms with Gasteiger partial charge in [-0.1, -0.05) is 202 Å². The fourth-order valence-electron chi connectivity index (χ4n) is 11.7. The quantitative estimate of drug-likeness (QED) is 0.268. The van der Waals surface area contributed by atoms with Crippen molar-refractivity contribution in [3.05, 3.63) is 163 Å². The molecule has 0 aliphatic heterocycles. The Labute approximate surface area is 480 Å². The van der Waals surface area contributed by atoms with E-state index in [0.29, 0.717) is 0 Å². The minimum atomic E-state index is -0.147. The summed E-state index contributed by atoms with van der Waals surface area (Å²) >= 11 is 3.38. The third-order valence-electron chi connectivity index (χ3n) is 16.3. The molecule has 0 radical (unpaired) electrons. The van der Waals surface area contributed by atoms with Gasteiger partial charge in [0.15, 0.2) is 0 Å². The molecule has 2 saturated carbocycles. The second kappa shape index (κ2) is 24.5. The number of allylic oxidation sites excluding steroid dienone is 16. The molecular formula is C68H86Cl2Zr2-4. The van der Waals surface area contributed by atoms with E-state index < -0.39 is 0 Å². The molecule has 72 heavy (non-hydrogen) atoms. The van der Waals surface area contributed by atoms with Gasteiger partial charge in [-0.2, -0.15) is 35.5 Å². The molecule has 384 valence electrons. The zero-order chi connectivity index (χ0) is 50.9. The van der Waals surface area contributed by atoms with E-state index in [2.05, 4.69) is 206 Å². The Morgan fingerprint density at radius 3 is 1.11 bits per heavy atom. The van der Waals surface area contributed by atoms with E-state index in [0.717, 1.165) is 25.7 Å². The van der Waals surface area contributed by atoms with Crippen LogP contribution in [0.25, 0.3) is 23.3 Å². The standard InChI is InChI=1S/2C28H33.2C6H10.2ClH.2Zr/c2*1-8-19-10-9-11-25(19)28(27(5,6)7)15-14-24-21(18-28)16-20-17-22(26(2,3)4)12-13-23(20)24;2*1-2-4-6-5-3-1;;;;/h2*9-10,12-17H,8,11H2,1-7H3;2*1-5H2;2*1H;;/q2*-1;;;;;;/p-2. The first-order valence-electron chi connectivity index (χ1n) is 27.3. The van der Waals surface area contributed by atoms with E-state index in [1.54, 1.807) is 54.9 Å². The monoisotopic (exact) mass is 1150 g/mol. The molecule has 0 amide bonds. The average Bonchev–Trinajstić information content (AvgIpc) is 4.13. The van der Waals surface area contributed by atoms with E-state index in [1.807, 2.05) is 0 Å². The first kappa shape index (κ1) is 60.8.